The summed E-state index contributed by atoms with van der Waals surface area (Å²) in [5.74, 6) is -1.17. The normalized spacial score (nSPS) is 14.4. The highest BCUT2D eigenvalue weighted by Crippen LogP contribution is 2.22. The van der Waals surface area contributed by atoms with Crippen LogP contribution in [-0.2, 0) is 23.8 Å². The molecule has 0 fully saturated rings. The van der Waals surface area contributed by atoms with Crippen LogP contribution in [0.3, 0.4) is 0 Å². The topological polar surface area (TPSA) is 73.9 Å². The van der Waals surface area contributed by atoms with Crippen molar-refractivity contribution in [3.05, 3.63) is 83.8 Å². The van der Waals surface area contributed by atoms with Crippen LogP contribution in [0.1, 0.15) is 24.1 Å². The van der Waals surface area contributed by atoms with Crippen LogP contribution in [0.25, 0.3) is 0 Å². The third-order valence-corrected chi connectivity index (χ3v) is 4.06. The van der Waals surface area contributed by atoms with Gasteiger partial charge in [0, 0.05) is 0 Å². The second kappa shape index (κ2) is 8.89. The first-order valence-electron chi connectivity index (χ1n) is 8.71. The zero-order chi connectivity index (χ0) is 19.1. The first-order valence-corrected chi connectivity index (χ1v) is 8.71. The Kier molecular flexibility index (Phi) is 6.10. The Morgan fingerprint density at radius 3 is 2.07 bits per heavy atom. The van der Waals surface area contributed by atoms with Gasteiger partial charge in [-0.15, -0.1) is 0 Å². The fourth-order valence-corrected chi connectivity index (χ4v) is 2.66. The first kappa shape index (κ1) is 18.5. The number of nitrogens with one attached hydrogen (secondary N) is 1. The Balaban J connectivity index is 1.70. The van der Waals surface area contributed by atoms with Crippen molar-refractivity contribution in [2.45, 2.75) is 19.1 Å². The Labute approximate surface area is 157 Å². The number of ether oxygens (including phenoxy) is 3. The SMILES string of the molecule is C[C@@H](OC(=O)C1=COCCO1)C(=O)NC(c1ccccc1)c1ccccc1. The quantitative estimate of drug-likeness (QED) is 0.795. The molecule has 1 N–H and O–H groups in total. The molecule has 0 aliphatic carbocycles. The zero-order valence-electron chi connectivity index (χ0n) is 15.0. The molecule has 1 atom stereocenters. The van der Waals surface area contributed by atoms with E-state index in [1.54, 1.807) is 0 Å². The number of rotatable bonds is 6. The van der Waals surface area contributed by atoms with E-state index in [9.17, 15) is 9.59 Å². The van der Waals surface area contributed by atoms with Gasteiger partial charge in [-0.25, -0.2) is 4.79 Å². The number of esters is 1. The number of amides is 1. The lowest BCUT2D eigenvalue weighted by Gasteiger charge is -2.22. The maximum absolute atomic E-state index is 12.6. The number of hydrogen-bond donors (Lipinski definition) is 1. The van der Waals surface area contributed by atoms with Gasteiger partial charge in [0.15, 0.2) is 6.10 Å². The second-order valence-corrected chi connectivity index (χ2v) is 6.01. The number of benzene rings is 2. The van der Waals surface area contributed by atoms with Crippen molar-refractivity contribution < 1.29 is 23.8 Å². The number of hydrogen-bond acceptors (Lipinski definition) is 5. The van der Waals surface area contributed by atoms with Gasteiger partial charge in [-0.05, 0) is 18.1 Å². The molecule has 1 aliphatic rings. The van der Waals surface area contributed by atoms with Crippen LogP contribution in [-0.4, -0.2) is 31.2 Å². The molecule has 1 heterocycles. The van der Waals surface area contributed by atoms with E-state index in [4.69, 9.17) is 14.2 Å². The van der Waals surface area contributed by atoms with Gasteiger partial charge in [-0.1, -0.05) is 60.7 Å². The summed E-state index contributed by atoms with van der Waals surface area (Å²) in [4.78, 5) is 24.7. The summed E-state index contributed by atoms with van der Waals surface area (Å²) in [6.07, 6.45) is 0.214. The monoisotopic (exact) mass is 367 g/mol. The molecule has 140 valence electrons. The van der Waals surface area contributed by atoms with Crippen LogP contribution >= 0.6 is 0 Å². The van der Waals surface area contributed by atoms with E-state index in [0.717, 1.165) is 11.1 Å². The second-order valence-electron chi connectivity index (χ2n) is 6.01. The van der Waals surface area contributed by atoms with Crippen LogP contribution in [0.4, 0.5) is 0 Å². The summed E-state index contributed by atoms with van der Waals surface area (Å²) in [6.45, 7) is 2.17. The molecule has 0 aromatic heterocycles. The van der Waals surface area contributed by atoms with Gasteiger partial charge in [0.05, 0.1) is 6.04 Å². The Hall–Kier alpha value is -3.28. The molecule has 6 heteroatoms. The summed E-state index contributed by atoms with van der Waals surface area (Å²) in [6, 6.07) is 18.9. The van der Waals surface area contributed by atoms with Crippen LogP contribution in [0, 0.1) is 0 Å². The molecule has 0 bridgehead atoms. The van der Waals surface area contributed by atoms with Crippen molar-refractivity contribution in [1.82, 2.24) is 5.32 Å². The van der Waals surface area contributed by atoms with E-state index >= 15 is 0 Å². The number of carbonyl (C=O) groups is 2. The van der Waals surface area contributed by atoms with Gasteiger partial charge in [0.1, 0.15) is 19.5 Å². The third kappa shape index (κ3) is 4.88. The summed E-state index contributed by atoms with van der Waals surface area (Å²) in [7, 11) is 0. The lowest BCUT2D eigenvalue weighted by molar-refractivity contribution is -0.155. The molecule has 0 unspecified atom stereocenters. The molecule has 0 spiro atoms. The van der Waals surface area contributed by atoms with E-state index in [2.05, 4.69) is 5.32 Å². The Bertz CT molecular complexity index is 764. The zero-order valence-corrected chi connectivity index (χ0v) is 15.0. The van der Waals surface area contributed by atoms with Crippen molar-refractivity contribution in [1.29, 1.82) is 0 Å². The van der Waals surface area contributed by atoms with Gasteiger partial charge in [0.25, 0.3) is 5.91 Å². The highest BCUT2D eigenvalue weighted by atomic mass is 16.6. The minimum Gasteiger partial charge on any atom is -0.493 e. The predicted molar refractivity (Wildman–Crippen MR) is 98.4 cm³/mol. The maximum Gasteiger partial charge on any atom is 0.377 e. The lowest BCUT2D eigenvalue weighted by Crippen LogP contribution is -2.39. The third-order valence-electron chi connectivity index (χ3n) is 4.06. The molecular formula is C21H21NO5. The molecule has 27 heavy (non-hydrogen) atoms. The molecular weight excluding hydrogens is 346 g/mol. The van der Waals surface area contributed by atoms with Crippen LogP contribution in [0.5, 0.6) is 0 Å². The summed E-state index contributed by atoms with van der Waals surface area (Å²) in [5, 5.41) is 2.95. The van der Waals surface area contributed by atoms with Crippen LogP contribution < -0.4 is 5.32 Å². The van der Waals surface area contributed by atoms with Crippen molar-refractivity contribution in [3.63, 3.8) is 0 Å². The Morgan fingerprint density at radius 1 is 0.963 bits per heavy atom. The average molecular weight is 367 g/mol. The van der Waals surface area contributed by atoms with Gasteiger partial charge in [-0.3, -0.25) is 4.79 Å². The highest BCUT2D eigenvalue weighted by molar-refractivity contribution is 5.90. The molecule has 0 radical (unpaired) electrons. The molecule has 6 nitrogen and oxygen atoms in total. The van der Waals surface area contributed by atoms with Crippen LogP contribution in [0.15, 0.2) is 72.7 Å². The Morgan fingerprint density at radius 2 is 1.56 bits per heavy atom. The molecule has 1 aliphatic heterocycles. The van der Waals surface area contributed by atoms with Crippen molar-refractivity contribution in [3.8, 4) is 0 Å². The minimum atomic E-state index is -0.987. The van der Waals surface area contributed by atoms with Gasteiger partial charge in [0.2, 0.25) is 5.76 Å². The first-order chi connectivity index (χ1) is 13.1. The summed E-state index contributed by atoms with van der Waals surface area (Å²) in [5.41, 5.74) is 1.87. The summed E-state index contributed by atoms with van der Waals surface area (Å²) >= 11 is 0. The standard InChI is InChI=1S/C21H21NO5/c1-15(27-21(24)18-14-25-12-13-26-18)20(23)22-19(16-8-4-2-5-9-16)17-10-6-3-7-11-17/h2-11,14-15,19H,12-13H2,1H3,(H,22,23)/t15-/m1/s1. The van der Waals surface area contributed by atoms with Crippen LogP contribution in [0.2, 0.25) is 0 Å². The van der Waals surface area contributed by atoms with E-state index in [1.807, 2.05) is 60.7 Å². The van der Waals surface area contributed by atoms with Gasteiger partial charge < -0.3 is 19.5 Å². The maximum atomic E-state index is 12.6. The van der Waals surface area contributed by atoms with Gasteiger partial charge >= 0.3 is 5.97 Å². The predicted octanol–water partition coefficient (Wildman–Crippen LogP) is 2.71. The molecule has 3 rings (SSSR count). The molecule has 2 aromatic rings. The fourth-order valence-electron chi connectivity index (χ4n) is 2.66. The lowest BCUT2D eigenvalue weighted by atomic mass is 9.98. The largest absolute Gasteiger partial charge is 0.493 e. The molecule has 0 saturated heterocycles. The van der Waals surface area contributed by atoms with Crippen molar-refractivity contribution in [2.75, 3.05) is 13.2 Å². The van der Waals surface area contributed by atoms with Crippen molar-refractivity contribution >= 4 is 11.9 Å². The van der Waals surface area contributed by atoms with E-state index in [-0.39, 0.29) is 18.4 Å². The van der Waals surface area contributed by atoms with E-state index in [0.29, 0.717) is 6.61 Å². The molecule has 0 saturated carbocycles. The summed E-state index contributed by atoms with van der Waals surface area (Å²) < 4.78 is 15.4. The van der Waals surface area contributed by atoms with Crippen molar-refractivity contribution in [2.24, 2.45) is 0 Å². The minimum absolute atomic E-state index is 0.0384. The molecule has 2 aromatic carbocycles. The number of carbonyl (C=O) groups excluding carboxylic acids is 2. The highest BCUT2D eigenvalue weighted by Gasteiger charge is 2.25. The average Bonchev–Trinajstić information content (AvgIpc) is 2.73. The van der Waals surface area contributed by atoms with Gasteiger partial charge in [-0.2, -0.15) is 0 Å². The fraction of sp³-hybridized carbons (Fsp3) is 0.238. The van der Waals surface area contributed by atoms with E-state index < -0.39 is 18.0 Å². The van der Waals surface area contributed by atoms with E-state index in [1.165, 1.54) is 13.2 Å². The smallest absolute Gasteiger partial charge is 0.377 e. The molecule has 1 amide bonds.